The lowest BCUT2D eigenvalue weighted by molar-refractivity contribution is 0.357. The highest BCUT2D eigenvalue weighted by Crippen LogP contribution is 2.33. The van der Waals surface area contributed by atoms with Gasteiger partial charge in [-0.05, 0) is 37.1 Å². The maximum atomic E-state index is 6.19. The van der Waals surface area contributed by atoms with Gasteiger partial charge in [0.2, 0.25) is 0 Å². The number of furan rings is 1. The second kappa shape index (κ2) is 5.33. The monoisotopic (exact) mass is 265 g/mol. The summed E-state index contributed by atoms with van der Waals surface area (Å²) >= 11 is 6.19. The van der Waals surface area contributed by atoms with Crippen LogP contribution in [0.15, 0.2) is 22.6 Å². The molecule has 18 heavy (non-hydrogen) atoms. The lowest BCUT2D eigenvalue weighted by Gasteiger charge is -2.19. The molecule has 0 saturated carbocycles. The maximum absolute atomic E-state index is 6.19. The normalized spacial score (nSPS) is 13.4. The molecule has 98 valence electrons. The molecule has 0 spiro atoms. The first-order chi connectivity index (χ1) is 8.54. The Kier molecular flexibility index (Phi) is 3.98. The van der Waals surface area contributed by atoms with E-state index in [9.17, 15) is 0 Å². The summed E-state index contributed by atoms with van der Waals surface area (Å²) in [6.45, 7) is 9.49. The minimum Gasteiger partial charge on any atom is -0.458 e. The highest BCUT2D eigenvalue weighted by Gasteiger charge is 2.20. The van der Waals surface area contributed by atoms with E-state index in [0.29, 0.717) is 10.9 Å². The highest BCUT2D eigenvalue weighted by atomic mass is 35.5. The van der Waals surface area contributed by atoms with Crippen molar-refractivity contribution in [1.29, 1.82) is 0 Å². The Hall–Kier alpha value is -0.990. The Balaban J connectivity index is 2.52. The molecule has 1 aromatic carbocycles. The molecule has 2 aromatic rings. The standard InChI is InChI=1S/C15H20ClNO/c1-5-17-14(9(2)3)13-8-11-10(4)6-7-12(16)15(11)18-13/h6-9,14,17H,5H2,1-4H3. The molecule has 1 unspecified atom stereocenters. The number of nitrogens with one attached hydrogen (secondary N) is 1. The summed E-state index contributed by atoms with van der Waals surface area (Å²) in [5.41, 5.74) is 2.00. The van der Waals surface area contributed by atoms with Crippen molar-refractivity contribution in [2.75, 3.05) is 6.54 Å². The van der Waals surface area contributed by atoms with E-state index >= 15 is 0 Å². The summed E-state index contributed by atoms with van der Waals surface area (Å²) in [4.78, 5) is 0. The first-order valence-electron chi connectivity index (χ1n) is 6.46. The molecular formula is C15H20ClNO. The Bertz CT molecular complexity index is 506. The molecule has 2 nitrogen and oxygen atoms in total. The second-order valence-corrected chi connectivity index (χ2v) is 5.44. The van der Waals surface area contributed by atoms with E-state index in [2.05, 4.69) is 39.1 Å². The fraction of sp³-hybridized carbons (Fsp3) is 0.467. The van der Waals surface area contributed by atoms with Gasteiger partial charge >= 0.3 is 0 Å². The average Bonchev–Trinajstić information content (AvgIpc) is 2.76. The number of benzene rings is 1. The molecule has 0 aliphatic heterocycles. The molecule has 0 bridgehead atoms. The quantitative estimate of drug-likeness (QED) is 0.867. The van der Waals surface area contributed by atoms with Crippen LogP contribution >= 0.6 is 11.6 Å². The first kappa shape index (κ1) is 13.4. The molecule has 0 fully saturated rings. The molecule has 0 saturated heterocycles. The molecule has 0 radical (unpaired) electrons. The Morgan fingerprint density at radius 1 is 1.33 bits per heavy atom. The van der Waals surface area contributed by atoms with Crippen LogP contribution in [0.1, 0.15) is 38.1 Å². The van der Waals surface area contributed by atoms with Crippen molar-refractivity contribution in [2.24, 2.45) is 5.92 Å². The highest BCUT2D eigenvalue weighted by molar-refractivity contribution is 6.34. The zero-order valence-corrected chi connectivity index (χ0v) is 12.1. The van der Waals surface area contributed by atoms with Crippen molar-refractivity contribution in [1.82, 2.24) is 5.32 Å². The van der Waals surface area contributed by atoms with E-state index in [-0.39, 0.29) is 6.04 Å². The fourth-order valence-electron chi connectivity index (χ4n) is 2.28. The van der Waals surface area contributed by atoms with Gasteiger partial charge in [0.15, 0.2) is 5.58 Å². The molecule has 2 rings (SSSR count). The molecule has 0 aliphatic rings. The minimum absolute atomic E-state index is 0.234. The van der Waals surface area contributed by atoms with E-state index < -0.39 is 0 Å². The molecule has 1 N–H and O–H groups in total. The van der Waals surface area contributed by atoms with Crippen molar-refractivity contribution in [3.63, 3.8) is 0 Å². The molecule has 1 heterocycles. The SMILES string of the molecule is CCNC(c1cc2c(C)ccc(Cl)c2o1)C(C)C. The second-order valence-electron chi connectivity index (χ2n) is 5.04. The Morgan fingerprint density at radius 2 is 2.06 bits per heavy atom. The summed E-state index contributed by atoms with van der Waals surface area (Å²) in [6.07, 6.45) is 0. The van der Waals surface area contributed by atoms with Crippen LogP contribution in [0.4, 0.5) is 0 Å². The molecule has 0 aliphatic carbocycles. The first-order valence-corrected chi connectivity index (χ1v) is 6.84. The number of hydrogen-bond donors (Lipinski definition) is 1. The molecule has 3 heteroatoms. The third-order valence-corrected chi connectivity index (χ3v) is 3.57. The summed E-state index contributed by atoms with van der Waals surface area (Å²) in [6, 6.07) is 6.27. The van der Waals surface area contributed by atoms with Crippen LogP contribution in [-0.4, -0.2) is 6.54 Å². The Labute approximate surface area is 113 Å². The van der Waals surface area contributed by atoms with Crippen LogP contribution in [0.5, 0.6) is 0 Å². The van der Waals surface area contributed by atoms with E-state index in [0.717, 1.165) is 23.3 Å². The smallest absolute Gasteiger partial charge is 0.153 e. The van der Waals surface area contributed by atoms with Gasteiger partial charge in [-0.1, -0.05) is 38.4 Å². The Morgan fingerprint density at radius 3 is 2.61 bits per heavy atom. The number of fused-ring (bicyclic) bond motifs is 1. The lowest BCUT2D eigenvalue weighted by atomic mass is 10.0. The largest absolute Gasteiger partial charge is 0.458 e. The van der Waals surface area contributed by atoms with Gasteiger partial charge in [-0.3, -0.25) is 0 Å². The van der Waals surface area contributed by atoms with E-state index in [1.165, 1.54) is 5.56 Å². The van der Waals surface area contributed by atoms with Gasteiger partial charge in [0, 0.05) is 5.39 Å². The third kappa shape index (κ3) is 2.40. The molecule has 0 amide bonds. The predicted molar refractivity (Wildman–Crippen MR) is 77.2 cm³/mol. The minimum atomic E-state index is 0.234. The van der Waals surface area contributed by atoms with Gasteiger partial charge in [0.1, 0.15) is 5.76 Å². The number of hydrogen-bond acceptors (Lipinski definition) is 2. The van der Waals surface area contributed by atoms with E-state index in [4.69, 9.17) is 16.0 Å². The molecule has 1 atom stereocenters. The van der Waals surface area contributed by atoms with E-state index in [1.807, 2.05) is 12.1 Å². The zero-order valence-electron chi connectivity index (χ0n) is 11.4. The number of rotatable bonds is 4. The van der Waals surface area contributed by atoms with Crippen molar-refractivity contribution in [3.8, 4) is 0 Å². The maximum Gasteiger partial charge on any atom is 0.153 e. The van der Waals surface area contributed by atoms with Crippen LogP contribution in [0.2, 0.25) is 5.02 Å². The molecule has 1 aromatic heterocycles. The summed E-state index contributed by atoms with van der Waals surface area (Å²) in [7, 11) is 0. The fourth-order valence-corrected chi connectivity index (χ4v) is 2.49. The van der Waals surface area contributed by atoms with Gasteiger partial charge in [-0.25, -0.2) is 0 Å². The average molecular weight is 266 g/mol. The van der Waals surface area contributed by atoms with Crippen molar-refractivity contribution >= 4 is 22.6 Å². The van der Waals surface area contributed by atoms with Gasteiger partial charge in [0.25, 0.3) is 0 Å². The van der Waals surface area contributed by atoms with E-state index in [1.54, 1.807) is 0 Å². The number of halogens is 1. The zero-order chi connectivity index (χ0) is 13.3. The van der Waals surface area contributed by atoms with Gasteiger partial charge in [0.05, 0.1) is 11.1 Å². The van der Waals surface area contributed by atoms with Crippen LogP contribution in [-0.2, 0) is 0 Å². The predicted octanol–water partition coefficient (Wildman–Crippen LogP) is 4.70. The van der Waals surface area contributed by atoms with Gasteiger partial charge < -0.3 is 9.73 Å². The number of aryl methyl sites for hydroxylation is 1. The van der Waals surface area contributed by atoms with Crippen LogP contribution in [0.25, 0.3) is 11.0 Å². The van der Waals surface area contributed by atoms with Crippen LogP contribution < -0.4 is 5.32 Å². The summed E-state index contributed by atoms with van der Waals surface area (Å²) < 4.78 is 5.96. The van der Waals surface area contributed by atoms with Crippen LogP contribution in [0, 0.1) is 12.8 Å². The van der Waals surface area contributed by atoms with Crippen molar-refractivity contribution in [2.45, 2.75) is 33.7 Å². The van der Waals surface area contributed by atoms with Crippen molar-refractivity contribution < 1.29 is 4.42 Å². The summed E-state index contributed by atoms with van der Waals surface area (Å²) in [5.74, 6) is 1.45. The lowest BCUT2D eigenvalue weighted by Crippen LogP contribution is -2.24. The van der Waals surface area contributed by atoms with Gasteiger partial charge in [-0.15, -0.1) is 0 Å². The van der Waals surface area contributed by atoms with Crippen LogP contribution in [0.3, 0.4) is 0 Å². The third-order valence-electron chi connectivity index (χ3n) is 3.27. The molecular weight excluding hydrogens is 246 g/mol. The topological polar surface area (TPSA) is 25.2 Å². The summed E-state index contributed by atoms with van der Waals surface area (Å²) in [5, 5.41) is 5.25. The van der Waals surface area contributed by atoms with Crippen molar-refractivity contribution in [3.05, 3.63) is 34.5 Å². The van der Waals surface area contributed by atoms with Gasteiger partial charge in [-0.2, -0.15) is 0 Å².